The van der Waals surface area contributed by atoms with Crippen LogP contribution in [0, 0.1) is 5.82 Å². The van der Waals surface area contributed by atoms with Crippen molar-refractivity contribution < 1.29 is 8.81 Å². The molecule has 0 spiro atoms. The van der Waals surface area contributed by atoms with Gasteiger partial charge in [-0.15, -0.1) is 10.2 Å². The van der Waals surface area contributed by atoms with Gasteiger partial charge in [-0.05, 0) is 41.2 Å². The Morgan fingerprint density at radius 2 is 2.25 bits per heavy atom. The summed E-state index contributed by atoms with van der Waals surface area (Å²) in [6, 6.07) is 4.55. The van der Waals surface area contributed by atoms with Crippen LogP contribution in [0.15, 0.2) is 27.1 Å². The molecule has 1 aromatic carbocycles. The normalized spacial score (nSPS) is 10.7. The summed E-state index contributed by atoms with van der Waals surface area (Å²) in [5.41, 5.74) is 0.683. The molecule has 2 rings (SSSR count). The number of rotatable bonds is 3. The van der Waals surface area contributed by atoms with Gasteiger partial charge < -0.3 is 9.73 Å². The molecule has 6 heteroatoms. The zero-order valence-corrected chi connectivity index (χ0v) is 10.1. The zero-order valence-electron chi connectivity index (χ0n) is 8.50. The second-order valence-electron chi connectivity index (χ2n) is 3.16. The molecule has 0 aliphatic carbocycles. The molecule has 84 valence electrons. The lowest BCUT2D eigenvalue weighted by Gasteiger charge is -1.97. The predicted molar refractivity (Wildman–Crippen MR) is 60.2 cm³/mol. The van der Waals surface area contributed by atoms with Gasteiger partial charge in [0.1, 0.15) is 5.82 Å². The molecule has 0 radical (unpaired) electrons. The lowest BCUT2D eigenvalue weighted by atomic mass is 10.2. The molecule has 0 atom stereocenters. The second-order valence-corrected chi connectivity index (χ2v) is 4.01. The fraction of sp³-hybridized carbons (Fsp3) is 0.200. The molecular weight excluding hydrogens is 277 g/mol. The van der Waals surface area contributed by atoms with E-state index in [1.54, 1.807) is 19.2 Å². The molecule has 16 heavy (non-hydrogen) atoms. The van der Waals surface area contributed by atoms with E-state index in [0.29, 0.717) is 28.4 Å². The number of halogens is 2. The Kier molecular flexibility index (Phi) is 3.31. The first-order chi connectivity index (χ1) is 7.70. The van der Waals surface area contributed by atoms with Crippen molar-refractivity contribution in [3.05, 3.63) is 34.4 Å². The highest BCUT2D eigenvalue weighted by atomic mass is 79.9. The number of nitrogens with zero attached hydrogens (tertiary/aromatic N) is 2. The summed E-state index contributed by atoms with van der Waals surface area (Å²) in [7, 11) is 1.79. The summed E-state index contributed by atoms with van der Waals surface area (Å²) < 4.78 is 18.8. The van der Waals surface area contributed by atoms with E-state index in [-0.39, 0.29) is 5.82 Å². The Hall–Kier alpha value is -1.27. The first-order valence-corrected chi connectivity index (χ1v) is 5.42. The molecule has 1 aromatic heterocycles. The number of hydrogen-bond acceptors (Lipinski definition) is 4. The molecule has 0 fully saturated rings. The van der Waals surface area contributed by atoms with Crippen molar-refractivity contribution in [1.29, 1.82) is 0 Å². The monoisotopic (exact) mass is 285 g/mol. The van der Waals surface area contributed by atoms with Crippen LogP contribution in [0.3, 0.4) is 0 Å². The topological polar surface area (TPSA) is 51.0 Å². The fourth-order valence-corrected chi connectivity index (χ4v) is 1.60. The maximum atomic E-state index is 13.0. The highest BCUT2D eigenvalue weighted by Gasteiger charge is 2.09. The van der Waals surface area contributed by atoms with Crippen LogP contribution in [-0.2, 0) is 6.54 Å². The van der Waals surface area contributed by atoms with Gasteiger partial charge in [0.25, 0.3) is 0 Å². The molecule has 0 aliphatic rings. The molecule has 1 heterocycles. The van der Waals surface area contributed by atoms with Gasteiger partial charge >= 0.3 is 0 Å². The molecule has 0 aliphatic heterocycles. The van der Waals surface area contributed by atoms with E-state index in [1.165, 1.54) is 6.07 Å². The largest absolute Gasteiger partial charge is 0.419 e. The Labute approximate surface area is 100 Å². The van der Waals surface area contributed by atoms with Crippen LogP contribution < -0.4 is 5.32 Å². The number of hydrogen-bond donors (Lipinski definition) is 1. The molecule has 0 saturated heterocycles. The Bertz CT molecular complexity index is 501. The standard InChI is InChI=1S/C10H9BrFN3O/c1-13-5-9-14-15-10(16-9)6-2-3-8(12)7(11)4-6/h2-4,13H,5H2,1H3. The average molecular weight is 286 g/mol. The molecule has 4 nitrogen and oxygen atoms in total. The van der Waals surface area contributed by atoms with Crippen LogP contribution in [-0.4, -0.2) is 17.2 Å². The summed E-state index contributed by atoms with van der Waals surface area (Å²) in [5.74, 6) is 0.558. The van der Waals surface area contributed by atoms with Crippen molar-refractivity contribution >= 4 is 15.9 Å². The van der Waals surface area contributed by atoms with Gasteiger partial charge in [0.15, 0.2) is 0 Å². The molecule has 2 aromatic rings. The van der Waals surface area contributed by atoms with E-state index >= 15 is 0 Å². The first-order valence-electron chi connectivity index (χ1n) is 4.63. The minimum Gasteiger partial charge on any atom is -0.419 e. The van der Waals surface area contributed by atoms with Crippen molar-refractivity contribution in [2.75, 3.05) is 7.05 Å². The average Bonchev–Trinajstić information content (AvgIpc) is 2.71. The number of aromatic nitrogens is 2. The molecule has 0 bridgehead atoms. The molecule has 0 unspecified atom stereocenters. The first kappa shape index (κ1) is 11.2. The van der Waals surface area contributed by atoms with Crippen molar-refractivity contribution in [2.24, 2.45) is 0 Å². The van der Waals surface area contributed by atoms with E-state index in [2.05, 4.69) is 31.4 Å². The third-order valence-corrected chi connectivity index (χ3v) is 2.57. The van der Waals surface area contributed by atoms with Crippen molar-refractivity contribution in [3.8, 4) is 11.5 Å². The van der Waals surface area contributed by atoms with E-state index < -0.39 is 0 Å². The van der Waals surface area contributed by atoms with Gasteiger partial charge in [0, 0.05) is 5.56 Å². The molecule has 1 N–H and O–H groups in total. The number of benzene rings is 1. The van der Waals surface area contributed by atoms with Gasteiger partial charge in [0.05, 0.1) is 11.0 Å². The van der Waals surface area contributed by atoms with Gasteiger partial charge in [-0.3, -0.25) is 0 Å². The van der Waals surface area contributed by atoms with Crippen LogP contribution in [0.25, 0.3) is 11.5 Å². The minimum atomic E-state index is -0.321. The van der Waals surface area contributed by atoms with E-state index in [1.807, 2.05) is 0 Å². The van der Waals surface area contributed by atoms with Gasteiger partial charge in [0.2, 0.25) is 11.8 Å². The maximum Gasteiger partial charge on any atom is 0.247 e. The second kappa shape index (κ2) is 4.71. The number of nitrogens with one attached hydrogen (secondary N) is 1. The van der Waals surface area contributed by atoms with E-state index in [4.69, 9.17) is 4.42 Å². The van der Waals surface area contributed by atoms with Crippen LogP contribution >= 0.6 is 15.9 Å². The Balaban J connectivity index is 2.31. The highest BCUT2D eigenvalue weighted by Crippen LogP contribution is 2.24. The molecule has 0 amide bonds. The predicted octanol–water partition coefficient (Wildman–Crippen LogP) is 2.36. The van der Waals surface area contributed by atoms with Gasteiger partial charge in [-0.1, -0.05) is 0 Å². The van der Waals surface area contributed by atoms with Crippen molar-refractivity contribution in [2.45, 2.75) is 6.54 Å². The molecule has 0 saturated carbocycles. The summed E-state index contributed by atoms with van der Waals surface area (Å²) in [4.78, 5) is 0. The Morgan fingerprint density at radius 3 is 2.94 bits per heavy atom. The Morgan fingerprint density at radius 1 is 1.44 bits per heavy atom. The summed E-state index contributed by atoms with van der Waals surface area (Å²) in [6.07, 6.45) is 0. The SMILES string of the molecule is CNCc1nnc(-c2ccc(F)c(Br)c2)o1. The quantitative estimate of drug-likeness (QED) is 0.941. The maximum absolute atomic E-state index is 13.0. The molecular formula is C10H9BrFN3O. The highest BCUT2D eigenvalue weighted by molar-refractivity contribution is 9.10. The van der Waals surface area contributed by atoms with E-state index in [9.17, 15) is 4.39 Å². The summed E-state index contributed by atoms with van der Waals surface area (Å²) >= 11 is 3.10. The minimum absolute atomic E-state index is 0.321. The van der Waals surface area contributed by atoms with Gasteiger partial charge in [-0.2, -0.15) is 0 Å². The lowest BCUT2D eigenvalue weighted by Crippen LogP contribution is -2.04. The van der Waals surface area contributed by atoms with E-state index in [0.717, 1.165) is 0 Å². The lowest BCUT2D eigenvalue weighted by molar-refractivity contribution is 0.490. The fourth-order valence-electron chi connectivity index (χ4n) is 1.22. The van der Waals surface area contributed by atoms with Crippen molar-refractivity contribution in [1.82, 2.24) is 15.5 Å². The summed E-state index contributed by atoms with van der Waals surface area (Å²) in [5, 5.41) is 10.6. The smallest absolute Gasteiger partial charge is 0.247 e. The van der Waals surface area contributed by atoms with Crippen molar-refractivity contribution in [3.63, 3.8) is 0 Å². The van der Waals surface area contributed by atoms with Crippen LogP contribution in [0.2, 0.25) is 0 Å². The summed E-state index contributed by atoms with van der Waals surface area (Å²) in [6.45, 7) is 0.509. The third-order valence-electron chi connectivity index (χ3n) is 1.96. The third kappa shape index (κ3) is 2.28. The zero-order chi connectivity index (χ0) is 11.5. The van der Waals surface area contributed by atoms with Crippen LogP contribution in [0.4, 0.5) is 4.39 Å². The van der Waals surface area contributed by atoms with Crippen LogP contribution in [0.1, 0.15) is 5.89 Å². The van der Waals surface area contributed by atoms with Crippen LogP contribution in [0.5, 0.6) is 0 Å². The van der Waals surface area contributed by atoms with Gasteiger partial charge in [-0.25, -0.2) is 4.39 Å².